The molecule has 1 atom stereocenters. The molecule has 1 fully saturated rings. The maximum absolute atomic E-state index is 13.2. The van der Waals surface area contributed by atoms with Crippen LogP contribution in [0, 0.1) is 0 Å². The third-order valence-electron chi connectivity index (χ3n) is 6.51. The van der Waals surface area contributed by atoms with Crippen LogP contribution in [0.1, 0.15) is 41.0 Å². The van der Waals surface area contributed by atoms with Crippen LogP contribution in [0.4, 0.5) is 4.79 Å². The second-order valence-electron chi connectivity index (χ2n) is 9.26. The molecular weight excluding hydrogens is 444 g/mol. The summed E-state index contributed by atoms with van der Waals surface area (Å²) in [6.07, 6.45) is 1.19. The molecule has 8 nitrogen and oxygen atoms in total. The summed E-state index contributed by atoms with van der Waals surface area (Å²) in [4.78, 5) is 45.0. The molecule has 184 valence electrons. The van der Waals surface area contributed by atoms with E-state index in [0.717, 1.165) is 34.1 Å². The van der Waals surface area contributed by atoms with Gasteiger partial charge in [0.1, 0.15) is 11.2 Å². The van der Waals surface area contributed by atoms with Crippen molar-refractivity contribution in [1.82, 2.24) is 20.1 Å². The molecular formula is C27H32N4O4. The zero-order valence-electron chi connectivity index (χ0n) is 20.7. The maximum Gasteiger partial charge on any atom is 0.355 e. The minimum absolute atomic E-state index is 0.257. The fraction of sp³-hybridized carbons (Fsp3) is 0.370. The number of likely N-dealkylation sites (N-methyl/N-ethyl adjacent to an activating group) is 1. The highest BCUT2D eigenvalue weighted by Gasteiger charge is 2.48. The first-order valence-corrected chi connectivity index (χ1v) is 11.9. The lowest BCUT2D eigenvalue weighted by molar-refractivity contribution is -0.131. The van der Waals surface area contributed by atoms with E-state index in [4.69, 9.17) is 4.74 Å². The fourth-order valence-corrected chi connectivity index (χ4v) is 4.53. The van der Waals surface area contributed by atoms with Gasteiger partial charge in [0.25, 0.3) is 5.91 Å². The first kappa shape index (κ1) is 24.5. The van der Waals surface area contributed by atoms with Crippen molar-refractivity contribution in [3.8, 4) is 0 Å². The summed E-state index contributed by atoms with van der Waals surface area (Å²) in [6.45, 7) is 4.88. The van der Waals surface area contributed by atoms with Gasteiger partial charge >= 0.3 is 12.0 Å². The second-order valence-corrected chi connectivity index (χ2v) is 9.26. The molecule has 0 bridgehead atoms. The van der Waals surface area contributed by atoms with Crippen LogP contribution in [-0.4, -0.2) is 66.5 Å². The van der Waals surface area contributed by atoms with Gasteiger partial charge in [0.05, 0.1) is 6.61 Å². The van der Waals surface area contributed by atoms with Gasteiger partial charge in [-0.15, -0.1) is 0 Å². The molecule has 2 N–H and O–H groups in total. The Bertz CT molecular complexity index is 1250. The van der Waals surface area contributed by atoms with E-state index in [1.165, 1.54) is 4.90 Å². The summed E-state index contributed by atoms with van der Waals surface area (Å²) < 4.78 is 5.26. The molecule has 0 saturated carbocycles. The Balaban J connectivity index is 1.57. The first-order chi connectivity index (χ1) is 16.7. The summed E-state index contributed by atoms with van der Waals surface area (Å²) in [7, 11) is 3.98. The number of aromatic amines is 1. The number of fused-ring (bicyclic) bond motifs is 1. The van der Waals surface area contributed by atoms with Crippen molar-refractivity contribution in [3.63, 3.8) is 0 Å². The van der Waals surface area contributed by atoms with Crippen molar-refractivity contribution < 1.29 is 19.1 Å². The Labute approximate surface area is 205 Å². The minimum atomic E-state index is -1.07. The predicted molar refractivity (Wildman–Crippen MR) is 134 cm³/mol. The Kier molecular flexibility index (Phi) is 6.93. The minimum Gasteiger partial charge on any atom is -0.461 e. The van der Waals surface area contributed by atoms with E-state index >= 15 is 0 Å². The predicted octanol–water partition coefficient (Wildman–Crippen LogP) is 3.46. The third kappa shape index (κ3) is 4.79. The highest BCUT2D eigenvalue weighted by molar-refractivity contribution is 6.07. The molecule has 1 aromatic heterocycles. The molecule has 1 aliphatic heterocycles. The van der Waals surface area contributed by atoms with E-state index in [1.54, 1.807) is 13.8 Å². The number of imide groups is 1. The van der Waals surface area contributed by atoms with E-state index in [2.05, 4.69) is 15.2 Å². The number of H-pyrrole nitrogens is 1. The van der Waals surface area contributed by atoms with Gasteiger partial charge in [0.15, 0.2) is 0 Å². The van der Waals surface area contributed by atoms with Crippen molar-refractivity contribution in [2.45, 2.75) is 32.2 Å². The fourth-order valence-electron chi connectivity index (χ4n) is 4.53. The van der Waals surface area contributed by atoms with Crippen molar-refractivity contribution in [1.29, 1.82) is 0 Å². The van der Waals surface area contributed by atoms with Crippen LogP contribution >= 0.6 is 0 Å². The first-order valence-electron chi connectivity index (χ1n) is 11.9. The molecule has 2 aromatic carbocycles. The molecule has 1 unspecified atom stereocenters. The molecule has 0 aliphatic carbocycles. The summed E-state index contributed by atoms with van der Waals surface area (Å²) >= 11 is 0. The van der Waals surface area contributed by atoms with Gasteiger partial charge in [0, 0.05) is 24.0 Å². The summed E-state index contributed by atoms with van der Waals surface area (Å²) in [5.41, 5.74) is 2.92. The number of carbonyl (C=O) groups excluding carboxylic acids is 3. The van der Waals surface area contributed by atoms with Crippen molar-refractivity contribution in [2.24, 2.45) is 0 Å². The van der Waals surface area contributed by atoms with Crippen LogP contribution in [-0.2, 0) is 27.9 Å². The molecule has 3 aromatic rings. The van der Waals surface area contributed by atoms with Gasteiger partial charge in [-0.2, -0.15) is 0 Å². The molecule has 4 rings (SSSR count). The van der Waals surface area contributed by atoms with Crippen molar-refractivity contribution in [2.75, 3.05) is 33.8 Å². The van der Waals surface area contributed by atoms with Crippen LogP contribution in [0.3, 0.4) is 0 Å². The van der Waals surface area contributed by atoms with Crippen molar-refractivity contribution in [3.05, 3.63) is 70.9 Å². The van der Waals surface area contributed by atoms with E-state index in [-0.39, 0.29) is 24.5 Å². The second kappa shape index (κ2) is 9.92. The number of benzene rings is 2. The zero-order valence-corrected chi connectivity index (χ0v) is 20.7. The van der Waals surface area contributed by atoms with E-state index in [0.29, 0.717) is 25.1 Å². The number of nitrogens with zero attached hydrogens (tertiary/aromatic N) is 2. The average molecular weight is 477 g/mol. The molecule has 1 saturated heterocycles. The number of aromatic nitrogens is 1. The largest absolute Gasteiger partial charge is 0.461 e. The zero-order chi connectivity index (χ0) is 25.2. The molecule has 2 heterocycles. The monoisotopic (exact) mass is 476 g/mol. The van der Waals surface area contributed by atoms with E-state index < -0.39 is 5.54 Å². The molecule has 0 radical (unpaired) electrons. The number of esters is 1. The number of amides is 3. The average Bonchev–Trinajstić information content (AvgIpc) is 3.31. The van der Waals surface area contributed by atoms with Crippen LogP contribution in [0.2, 0.25) is 0 Å². The molecule has 8 heteroatoms. The third-order valence-corrected chi connectivity index (χ3v) is 6.51. The summed E-state index contributed by atoms with van der Waals surface area (Å²) in [5, 5.41) is 3.81. The van der Waals surface area contributed by atoms with Crippen LogP contribution in [0.15, 0.2) is 48.5 Å². The lowest BCUT2D eigenvalue weighted by atomic mass is 9.92. The van der Waals surface area contributed by atoms with Gasteiger partial charge in [-0.25, -0.2) is 9.59 Å². The molecule has 3 amide bonds. The SMILES string of the molecule is CCOC(=O)c1[nH]c2ccc(CCN3C(=O)NC(C)(c4ccccc4)C3=O)cc2c1CCN(C)C. The number of hydrogen-bond donors (Lipinski definition) is 2. The van der Waals surface area contributed by atoms with Gasteiger partial charge in [0.2, 0.25) is 0 Å². The van der Waals surface area contributed by atoms with E-state index in [1.807, 2.05) is 62.6 Å². The Morgan fingerprint density at radius 1 is 1.09 bits per heavy atom. The van der Waals surface area contributed by atoms with Gasteiger partial charge in [-0.3, -0.25) is 9.69 Å². The Morgan fingerprint density at radius 2 is 1.83 bits per heavy atom. The lowest BCUT2D eigenvalue weighted by Gasteiger charge is -2.22. The lowest BCUT2D eigenvalue weighted by Crippen LogP contribution is -2.41. The summed E-state index contributed by atoms with van der Waals surface area (Å²) in [5.74, 6) is -0.619. The molecule has 0 spiro atoms. The number of rotatable bonds is 9. The van der Waals surface area contributed by atoms with Crippen LogP contribution in [0.5, 0.6) is 0 Å². The normalized spacial score (nSPS) is 17.9. The number of ether oxygens (including phenoxy) is 1. The Morgan fingerprint density at radius 3 is 2.51 bits per heavy atom. The Hall–Kier alpha value is -3.65. The van der Waals surface area contributed by atoms with Crippen LogP contribution < -0.4 is 5.32 Å². The van der Waals surface area contributed by atoms with E-state index in [9.17, 15) is 14.4 Å². The number of urea groups is 1. The van der Waals surface area contributed by atoms with Crippen molar-refractivity contribution >= 4 is 28.8 Å². The summed E-state index contributed by atoms with van der Waals surface area (Å²) in [6, 6.07) is 14.8. The smallest absolute Gasteiger partial charge is 0.355 e. The number of hydrogen-bond acceptors (Lipinski definition) is 5. The van der Waals surface area contributed by atoms with Gasteiger partial charge in [-0.1, -0.05) is 36.4 Å². The molecule has 35 heavy (non-hydrogen) atoms. The number of carbonyl (C=O) groups is 3. The van der Waals surface area contributed by atoms with Gasteiger partial charge in [-0.05, 0) is 69.6 Å². The van der Waals surface area contributed by atoms with Crippen LogP contribution in [0.25, 0.3) is 10.9 Å². The highest BCUT2D eigenvalue weighted by Crippen LogP contribution is 2.29. The highest BCUT2D eigenvalue weighted by atomic mass is 16.5. The topological polar surface area (TPSA) is 94.7 Å². The standard InChI is InChI=1S/C27H32N4O4/c1-5-35-24(32)23-20(14-15-30(3)4)21-17-18(11-12-22(21)28-23)13-16-31-25(33)27(2,29-26(31)34)19-9-7-6-8-10-19/h6-12,17,28H,5,13-16H2,1-4H3,(H,29,34). The maximum atomic E-state index is 13.2. The van der Waals surface area contributed by atoms with Gasteiger partial charge < -0.3 is 19.9 Å². The number of nitrogens with one attached hydrogen (secondary N) is 2. The molecule has 1 aliphatic rings. The quantitative estimate of drug-likeness (QED) is 0.364.